The topological polar surface area (TPSA) is 51.2 Å². The summed E-state index contributed by atoms with van der Waals surface area (Å²) >= 11 is 6.03. The lowest BCUT2D eigenvalue weighted by atomic mass is 9.98. The van der Waals surface area contributed by atoms with Gasteiger partial charge in [0.25, 0.3) is 0 Å². The highest BCUT2D eigenvalue weighted by atomic mass is 35.5. The van der Waals surface area contributed by atoms with Crippen molar-refractivity contribution in [3.05, 3.63) is 47.9 Å². The molecule has 4 heterocycles. The molecule has 4 rings (SSSR count). The molecule has 23 heavy (non-hydrogen) atoms. The molecule has 0 aromatic carbocycles. The molecule has 1 unspecified atom stereocenters. The Hall–Kier alpha value is -1.92. The molecule has 0 aliphatic carbocycles. The molecule has 3 aromatic heterocycles. The van der Waals surface area contributed by atoms with Gasteiger partial charge in [-0.3, -0.25) is 9.58 Å². The molecule has 1 aliphatic heterocycles. The van der Waals surface area contributed by atoms with E-state index in [1.54, 1.807) is 12.7 Å². The highest BCUT2D eigenvalue weighted by molar-refractivity contribution is 6.30. The summed E-state index contributed by atoms with van der Waals surface area (Å²) in [5.41, 5.74) is 2.04. The Bertz CT molecular complexity index is 781. The maximum Gasteiger partial charge on any atom is 0.137 e. The lowest BCUT2D eigenvalue weighted by Crippen LogP contribution is -2.36. The normalized spacial score (nSPS) is 19.4. The van der Waals surface area contributed by atoms with Crippen LogP contribution in [0, 0.1) is 5.92 Å². The second kappa shape index (κ2) is 6.29. The van der Waals surface area contributed by atoms with Crippen molar-refractivity contribution >= 4 is 17.2 Å². The number of pyridine rings is 1. The van der Waals surface area contributed by atoms with E-state index < -0.39 is 0 Å². The number of hydrogen-bond acceptors (Lipinski definition) is 4. The van der Waals surface area contributed by atoms with E-state index in [9.17, 15) is 0 Å². The minimum Gasteiger partial charge on any atom is -0.305 e. The second-order valence-corrected chi connectivity index (χ2v) is 6.64. The van der Waals surface area contributed by atoms with Gasteiger partial charge in [-0.2, -0.15) is 5.10 Å². The molecule has 0 bridgehead atoms. The SMILES string of the molecule is Clc1ccc2nc(CN3CCCC(Cn4cncn4)C3)cn2c1. The number of nitrogens with zero attached hydrogens (tertiary/aromatic N) is 6. The summed E-state index contributed by atoms with van der Waals surface area (Å²) < 4.78 is 3.93. The highest BCUT2D eigenvalue weighted by Gasteiger charge is 2.21. The van der Waals surface area contributed by atoms with Crippen molar-refractivity contribution in [2.75, 3.05) is 13.1 Å². The Morgan fingerprint density at radius 2 is 2.22 bits per heavy atom. The third-order valence-electron chi connectivity index (χ3n) is 4.37. The summed E-state index contributed by atoms with van der Waals surface area (Å²) in [7, 11) is 0. The first-order chi connectivity index (χ1) is 11.3. The van der Waals surface area contributed by atoms with Crippen molar-refractivity contribution in [3.63, 3.8) is 0 Å². The van der Waals surface area contributed by atoms with Crippen LogP contribution in [-0.2, 0) is 13.1 Å². The first-order valence-corrected chi connectivity index (χ1v) is 8.32. The van der Waals surface area contributed by atoms with Crippen LogP contribution >= 0.6 is 11.6 Å². The molecular weight excluding hydrogens is 312 g/mol. The van der Waals surface area contributed by atoms with Crippen LogP contribution in [0.5, 0.6) is 0 Å². The zero-order valence-electron chi connectivity index (χ0n) is 12.8. The van der Waals surface area contributed by atoms with Gasteiger partial charge in [0, 0.05) is 32.0 Å². The number of aromatic nitrogens is 5. The number of fused-ring (bicyclic) bond motifs is 1. The van der Waals surface area contributed by atoms with Crippen molar-refractivity contribution in [2.24, 2.45) is 5.92 Å². The van der Waals surface area contributed by atoms with E-state index in [0.717, 1.165) is 42.5 Å². The van der Waals surface area contributed by atoms with E-state index in [1.165, 1.54) is 12.8 Å². The van der Waals surface area contributed by atoms with Gasteiger partial charge in [-0.05, 0) is 37.4 Å². The minimum absolute atomic E-state index is 0.622. The van der Waals surface area contributed by atoms with Crippen molar-refractivity contribution < 1.29 is 0 Å². The predicted molar refractivity (Wildman–Crippen MR) is 88.2 cm³/mol. The monoisotopic (exact) mass is 330 g/mol. The fourth-order valence-electron chi connectivity index (χ4n) is 3.36. The summed E-state index contributed by atoms with van der Waals surface area (Å²) in [6.45, 7) is 4.03. The zero-order chi connectivity index (χ0) is 15.6. The maximum absolute atomic E-state index is 6.03. The van der Waals surface area contributed by atoms with Crippen LogP contribution in [0.1, 0.15) is 18.5 Å². The van der Waals surface area contributed by atoms with E-state index in [1.807, 2.05) is 27.4 Å². The molecule has 1 atom stereocenters. The van der Waals surface area contributed by atoms with Crippen LogP contribution in [0.3, 0.4) is 0 Å². The summed E-state index contributed by atoms with van der Waals surface area (Å²) in [5, 5.41) is 4.94. The Kier molecular flexibility index (Phi) is 4.01. The van der Waals surface area contributed by atoms with Gasteiger partial charge in [-0.25, -0.2) is 9.97 Å². The molecule has 0 saturated carbocycles. The van der Waals surface area contributed by atoms with Gasteiger partial charge in [0.05, 0.1) is 10.7 Å². The van der Waals surface area contributed by atoms with E-state index >= 15 is 0 Å². The molecule has 3 aromatic rings. The third-order valence-corrected chi connectivity index (χ3v) is 4.59. The lowest BCUT2D eigenvalue weighted by Gasteiger charge is -2.32. The van der Waals surface area contributed by atoms with Gasteiger partial charge in [0.15, 0.2) is 0 Å². The summed E-state index contributed by atoms with van der Waals surface area (Å²) in [6, 6.07) is 3.83. The van der Waals surface area contributed by atoms with Crippen LogP contribution in [-0.4, -0.2) is 42.1 Å². The van der Waals surface area contributed by atoms with E-state index in [4.69, 9.17) is 11.6 Å². The molecule has 0 N–H and O–H groups in total. The maximum atomic E-state index is 6.03. The molecular formula is C16H19ClN6. The van der Waals surface area contributed by atoms with Crippen molar-refractivity contribution in [3.8, 4) is 0 Å². The standard InChI is InChI=1S/C16H19ClN6/c17-14-3-4-16-20-15(10-22(16)8-14)9-21-5-1-2-13(6-21)7-23-12-18-11-19-23/h3-4,8,10-13H,1-2,5-7,9H2. The van der Waals surface area contributed by atoms with Crippen molar-refractivity contribution in [2.45, 2.75) is 25.9 Å². The Labute approximate surface area is 139 Å². The first-order valence-electron chi connectivity index (χ1n) is 7.94. The number of halogens is 1. The van der Waals surface area contributed by atoms with Gasteiger partial charge in [-0.15, -0.1) is 0 Å². The molecule has 0 amide bonds. The predicted octanol–water partition coefficient (Wildman–Crippen LogP) is 2.49. The van der Waals surface area contributed by atoms with Gasteiger partial charge in [0.2, 0.25) is 0 Å². The van der Waals surface area contributed by atoms with Crippen molar-refractivity contribution in [1.82, 2.24) is 29.0 Å². The largest absolute Gasteiger partial charge is 0.305 e. The Morgan fingerprint density at radius 3 is 3.09 bits per heavy atom. The van der Waals surface area contributed by atoms with Crippen LogP contribution < -0.4 is 0 Å². The molecule has 0 radical (unpaired) electrons. The summed E-state index contributed by atoms with van der Waals surface area (Å²) in [5.74, 6) is 0.622. The van der Waals surface area contributed by atoms with E-state index in [2.05, 4.69) is 26.2 Å². The van der Waals surface area contributed by atoms with Gasteiger partial charge in [-0.1, -0.05) is 11.6 Å². The molecule has 120 valence electrons. The van der Waals surface area contributed by atoms with Gasteiger partial charge < -0.3 is 4.40 Å². The van der Waals surface area contributed by atoms with Crippen LogP contribution in [0.15, 0.2) is 37.2 Å². The van der Waals surface area contributed by atoms with Crippen LogP contribution in [0.2, 0.25) is 5.02 Å². The molecule has 1 saturated heterocycles. The fourth-order valence-corrected chi connectivity index (χ4v) is 3.53. The van der Waals surface area contributed by atoms with Gasteiger partial charge >= 0.3 is 0 Å². The lowest BCUT2D eigenvalue weighted by molar-refractivity contribution is 0.152. The number of rotatable bonds is 4. The summed E-state index contributed by atoms with van der Waals surface area (Å²) in [4.78, 5) is 11.2. The van der Waals surface area contributed by atoms with E-state index in [0.29, 0.717) is 5.92 Å². The second-order valence-electron chi connectivity index (χ2n) is 6.21. The third kappa shape index (κ3) is 3.38. The average molecular weight is 331 g/mol. The molecule has 0 spiro atoms. The highest BCUT2D eigenvalue weighted by Crippen LogP contribution is 2.20. The number of likely N-dealkylation sites (tertiary alicyclic amines) is 1. The smallest absolute Gasteiger partial charge is 0.137 e. The Balaban J connectivity index is 1.42. The Morgan fingerprint density at radius 1 is 1.26 bits per heavy atom. The number of imidazole rings is 1. The number of piperidine rings is 1. The summed E-state index contributed by atoms with van der Waals surface area (Å²) in [6.07, 6.45) is 9.84. The van der Waals surface area contributed by atoms with E-state index in [-0.39, 0.29) is 0 Å². The first kappa shape index (κ1) is 14.7. The molecule has 1 aliphatic rings. The molecule has 7 heteroatoms. The zero-order valence-corrected chi connectivity index (χ0v) is 13.6. The average Bonchev–Trinajstić information content (AvgIpc) is 3.16. The molecule has 6 nitrogen and oxygen atoms in total. The number of hydrogen-bond donors (Lipinski definition) is 0. The van der Waals surface area contributed by atoms with Crippen molar-refractivity contribution in [1.29, 1.82) is 0 Å². The quantitative estimate of drug-likeness (QED) is 0.737. The van der Waals surface area contributed by atoms with Crippen LogP contribution in [0.4, 0.5) is 0 Å². The fraction of sp³-hybridized carbons (Fsp3) is 0.438. The van der Waals surface area contributed by atoms with Gasteiger partial charge in [0.1, 0.15) is 18.3 Å². The molecule has 1 fully saturated rings. The van der Waals surface area contributed by atoms with Crippen LogP contribution in [0.25, 0.3) is 5.65 Å². The minimum atomic E-state index is 0.622.